The lowest BCUT2D eigenvalue weighted by Crippen LogP contribution is -2.51. The molecule has 22 heteroatoms. The van der Waals surface area contributed by atoms with Crippen LogP contribution in [0.4, 0.5) is 30.6 Å². The Morgan fingerprint density at radius 1 is 0.720 bits per heavy atom. The van der Waals surface area contributed by atoms with Gasteiger partial charge in [0.15, 0.2) is 5.03 Å². The van der Waals surface area contributed by atoms with E-state index in [0.29, 0.717) is 34.5 Å². The highest BCUT2D eigenvalue weighted by atomic mass is 32.2. The van der Waals surface area contributed by atoms with E-state index in [0.717, 1.165) is 44.8 Å². The van der Waals surface area contributed by atoms with Crippen molar-refractivity contribution in [2.45, 2.75) is 116 Å². The van der Waals surface area contributed by atoms with Gasteiger partial charge in [0.25, 0.3) is 16.0 Å². The van der Waals surface area contributed by atoms with E-state index in [2.05, 4.69) is 29.9 Å². The number of hydrogen-bond donors (Lipinski definition) is 3. The van der Waals surface area contributed by atoms with E-state index in [1.807, 2.05) is 111 Å². The third-order valence-corrected chi connectivity index (χ3v) is 13.9. The molecule has 0 radical (unpaired) electrons. The maximum Gasteiger partial charge on any atom is 0.388 e. The van der Waals surface area contributed by atoms with Gasteiger partial charge < -0.3 is 21.1 Å². The standard InChI is InChI=1S/C23H28FN5O3S.C16H19FN2.C14H19N5O3S/c1-6-18-11-16(7-9-25-18)20-13-17(24)12-19(14(2)3)22(20)26-23(30)28-33(31,32)21-8-10-29(27-21)15(4)5;1-4-13-7-11(5-6-19-13)15-9-12(17)8-14(10(2)3)16(15)18;1-11(2)19-10-7-13(15-19)23(21,22)16-14(20)18-8-5-12(6-9-18)17(3)4/h7-15H,6H2,1-5H3,(H2,26,28,30);5-10H,4,18H2,1-3H3;5-11H,1-4H3. The third-order valence-electron chi connectivity index (χ3n) is 11.5. The first-order chi connectivity index (χ1) is 35.2. The van der Waals surface area contributed by atoms with Crippen LogP contribution in [0.2, 0.25) is 0 Å². The zero-order valence-corrected chi connectivity index (χ0v) is 45.9. The van der Waals surface area contributed by atoms with Crippen molar-refractivity contribution in [1.29, 1.82) is 0 Å². The number of hydrogen-bond acceptors (Lipinski definition) is 12. The molecule has 0 atom stereocenters. The second-order valence-electron chi connectivity index (χ2n) is 18.7. The van der Waals surface area contributed by atoms with Gasteiger partial charge in [-0.25, -0.2) is 22.9 Å². The first kappa shape index (κ1) is 58.3. The number of rotatable bonds is 14. The number of nitrogens with two attached hydrogens (primary N) is 1. The normalized spacial score (nSPS) is 11.8. The van der Waals surface area contributed by atoms with Gasteiger partial charge in [-0.3, -0.25) is 19.3 Å². The molecule has 2 aromatic carbocycles. The number of amides is 2. The molecule has 0 saturated carbocycles. The Kier molecular flexibility index (Phi) is 19.5. The summed E-state index contributed by atoms with van der Waals surface area (Å²) >= 11 is 0. The summed E-state index contributed by atoms with van der Waals surface area (Å²) in [5, 5.41) is 22.1. The molecule has 0 fully saturated rings. The molecule has 0 aliphatic carbocycles. The maximum atomic E-state index is 14.5. The van der Waals surface area contributed by atoms with Crippen molar-refractivity contribution in [1.82, 2.24) is 34.3 Å². The highest BCUT2D eigenvalue weighted by Gasteiger charge is 2.26. The Bertz CT molecular complexity index is 3360. The van der Waals surface area contributed by atoms with Crippen LogP contribution < -0.4 is 30.3 Å². The van der Waals surface area contributed by atoms with Crippen LogP contribution in [-0.2, 0) is 32.9 Å². The highest BCUT2D eigenvalue weighted by molar-refractivity contribution is 7.90. The van der Waals surface area contributed by atoms with Crippen molar-refractivity contribution in [3.63, 3.8) is 0 Å². The maximum absolute atomic E-state index is 14.5. The molecule has 4 N–H and O–H groups in total. The van der Waals surface area contributed by atoms with Gasteiger partial charge in [-0.2, -0.15) is 27.0 Å². The Morgan fingerprint density at radius 2 is 1.20 bits per heavy atom. The van der Waals surface area contributed by atoms with Gasteiger partial charge in [-0.05, 0) is 135 Å². The van der Waals surface area contributed by atoms with E-state index in [1.165, 1.54) is 70.5 Å². The van der Waals surface area contributed by atoms with E-state index in [-0.39, 0.29) is 39.8 Å². The number of nitrogen functional groups attached to an aromatic ring is 1. The summed E-state index contributed by atoms with van der Waals surface area (Å²) in [5.74, 6) is -0.647. The van der Waals surface area contributed by atoms with Crippen molar-refractivity contribution >= 4 is 49.2 Å². The molecule has 0 aliphatic rings. The van der Waals surface area contributed by atoms with Crippen LogP contribution in [0.1, 0.15) is 116 Å². The van der Waals surface area contributed by atoms with Crippen LogP contribution in [0.15, 0.2) is 124 Å². The number of sulfonamides is 2. The average molecular weight is 1070 g/mol. The van der Waals surface area contributed by atoms with E-state index >= 15 is 0 Å². The van der Waals surface area contributed by atoms with Crippen LogP contribution >= 0.6 is 0 Å². The summed E-state index contributed by atoms with van der Waals surface area (Å²) < 4.78 is 87.2. The lowest BCUT2D eigenvalue weighted by Gasteiger charge is -2.19. The van der Waals surface area contributed by atoms with Crippen LogP contribution in [0.25, 0.3) is 22.3 Å². The first-order valence-corrected chi connectivity index (χ1v) is 27.1. The van der Waals surface area contributed by atoms with Crippen molar-refractivity contribution in [2.75, 3.05) is 30.0 Å². The second-order valence-corrected chi connectivity index (χ2v) is 21.9. The SMILES string of the molecule is CC(C)n1ccc(S(=O)(=O)N=C([O-])[n+]2ccc(N(C)C)cc2)n1.CCc1cc(-c2cc(F)cc(C(C)C)c2N)ccn1.CCc1cc(-c2cc(F)cc(C(C)C)c2NC(=O)NS(=O)(=O)c2ccn(C(C)C)n2)ccn1. The Labute approximate surface area is 438 Å². The number of aryl methyl sites for hydroxylation is 2. The quantitative estimate of drug-likeness (QED) is 0.0401. The number of pyridine rings is 3. The van der Waals surface area contributed by atoms with Crippen molar-refractivity contribution in [3.8, 4) is 22.3 Å². The Balaban J connectivity index is 0.000000218. The zero-order chi connectivity index (χ0) is 55.5. The smallest absolute Gasteiger partial charge is 0.388 e. The monoisotopic (exact) mass is 1070 g/mol. The number of benzene rings is 2. The molecule has 0 unspecified atom stereocenters. The number of halogens is 2. The van der Waals surface area contributed by atoms with Gasteiger partial charge >= 0.3 is 16.1 Å². The van der Waals surface area contributed by atoms with E-state index in [9.17, 15) is 35.5 Å². The summed E-state index contributed by atoms with van der Waals surface area (Å²) in [6.45, 7) is 19.2. The average Bonchev–Trinajstić information content (AvgIpc) is 4.09. The summed E-state index contributed by atoms with van der Waals surface area (Å²) in [7, 11) is -4.61. The summed E-state index contributed by atoms with van der Waals surface area (Å²) in [6, 6.07) is 17.2. The topological polar surface area (TPSA) is 239 Å². The molecule has 2 amide bonds. The minimum Gasteiger partial charge on any atom is -0.806 e. The summed E-state index contributed by atoms with van der Waals surface area (Å²) in [4.78, 5) is 23.2. The first-order valence-electron chi connectivity index (χ1n) is 24.2. The van der Waals surface area contributed by atoms with E-state index < -0.39 is 37.9 Å². The lowest BCUT2D eigenvalue weighted by molar-refractivity contribution is -0.613. The summed E-state index contributed by atoms with van der Waals surface area (Å²) in [6.07, 6.45) is 10.9. The van der Waals surface area contributed by atoms with Gasteiger partial charge in [-0.1, -0.05) is 41.5 Å². The molecule has 5 heterocycles. The molecule has 5 aromatic heterocycles. The molecule has 18 nitrogen and oxygen atoms in total. The molecule has 0 bridgehead atoms. The van der Waals surface area contributed by atoms with Gasteiger partial charge in [0.05, 0.1) is 18.1 Å². The highest BCUT2D eigenvalue weighted by Crippen LogP contribution is 2.37. The number of urea groups is 1. The number of aromatic nitrogens is 7. The van der Waals surface area contributed by atoms with Gasteiger partial charge in [0.2, 0.25) is 5.03 Å². The molecule has 400 valence electrons. The fraction of sp³-hybridized carbons (Fsp3) is 0.340. The van der Waals surface area contributed by atoms with Crippen LogP contribution in [0.3, 0.4) is 0 Å². The van der Waals surface area contributed by atoms with Crippen molar-refractivity contribution < 1.29 is 40.1 Å². The molecule has 0 aliphatic heterocycles. The molecular weight excluding hydrogens is 1000 g/mol. The van der Waals surface area contributed by atoms with Crippen LogP contribution in [0, 0.1) is 11.6 Å². The molecule has 7 rings (SSSR count). The predicted molar refractivity (Wildman–Crippen MR) is 286 cm³/mol. The van der Waals surface area contributed by atoms with Gasteiger partial charge in [0.1, 0.15) is 11.6 Å². The fourth-order valence-electron chi connectivity index (χ4n) is 7.34. The minimum absolute atomic E-state index is 0.0163. The van der Waals surface area contributed by atoms with Crippen LogP contribution in [-0.4, -0.2) is 72.5 Å². The van der Waals surface area contributed by atoms with Crippen molar-refractivity contribution in [3.05, 3.63) is 144 Å². The fourth-order valence-corrected chi connectivity index (χ4v) is 9.00. The zero-order valence-electron chi connectivity index (χ0n) is 44.2. The number of nitrogens with one attached hydrogen (secondary N) is 2. The number of carbonyl (C=O) groups is 1. The van der Waals surface area contributed by atoms with Crippen LogP contribution in [0.5, 0.6) is 0 Å². The minimum atomic E-state index is -4.20. The van der Waals surface area contributed by atoms with Gasteiger partial charge in [-0.15, -0.1) is 0 Å². The Hall–Kier alpha value is -7.59. The molecule has 75 heavy (non-hydrogen) atoms. The predicted octanol–water partition coefficient (Wildman–Crippen LogP) is 8.79. The van der Waals surface area contributed by atoms with E-state index in [4.69, 9.17) is 5.73 Å². The number of carbonyl (C=O) groups excluding carboxylic acids is 1. The molecule has 7 aromatic rings. The Morgan fingerprint density at radius 3 is 1.68 bits per heavy atom. The summed E-state index contributed by atoms with van der Waals surface area (Å²) in [5.41, 5.74) is 14.0. The third kappa shape index (κ3) is 15.3. The molecule has 0 saturated heterocycles. The largest absolute Gasteiger partial charge is 0.806 e. The molecular formula is C53H66F2N12O6S2. The van der Waals surface area contributed by atoms with Gasteiger partial charge in [0, 0.05) is 101 Å². The second kappa shape index (κ2) is 25.1. The lowest BCUT2D eigenvalue weighted by atomic mass is 9.94. The number of nitrogens with zero attached hydrogens (tertiary/aromatic N) is 9. The number of anilines is 3. The van der Waals surface area contributed by atoms with Crippen molar-refractivity contribution in [2.24, 2.45) is 4.40 Å². The van der Waals surface area contributed by atoms with E-state index in [1.54, 1.807) is 30.6 Å². The molecule has 0 spiro atoms.